The van der Waals surface area contributed by atoms with E-state index in [4.69, 9.17) is 14.4 Å². The summed E-state index contributed by atoms with van der Waals surface area (Å²) in [5.74, 6) is 0.663. The fraction of sp³-hybridized carbons (Fsp3) is 0.258. The van der Waals surface area contributed by atoms with E-state index in [1.807, 2.05) is 13.0 Å². The van der Waals surface area contributed by atoms with E-state index in [-0.39, 0.29) is 0 Å². The van der Waals surface area contributed by atoms with E-state index in [1.165, 1.54) is 53.1 Å². The van der Waals surface area contributed by atoms with Gasteiger partial charge in [0, 0.05) is 32.8 Å². The van der Waals surface area contributed by atoms with E-state index in [2.05, 4.69) is 61.3 Å². The van der Waals surface area contributed by atoms with Crippen LogP contribution in [0.25, 0.3) is 55.0 Å². The van der Waals surface area contributed by atoms with Crippen LogP contribution in [0.5, 0.6) is 0 Å². The monoisotopic (exact) mass is 457 g/mol. The van der Waals surface area contributed by atoms with Crippen LogP contribution in [0.3, 0.4) is 0 Å². The predicted octanol–water partition coefficient (Wildman–Crippen LogP) is 8.33. The maximum Gasteiger partial charge on any atom is 0.227 e. The van der Waals surface area contributed by atoms with Crippen molar-refractivity contribution in [3.8, 4) is 11.3 Å². The van der Waals surface area contributed by atoms with Crippen molar-refractivity contribution in [1.82, 2.24) is 15.0 Å². The first kappa shape index (κ1) is 20.6. The van der Waals surface area contributed by atoms with Crippen molar-refractivity contribution >= 4 is 43.7 Å². The number of hydrogen-bond donors (Lipinski definition) is 0. The van der Waals surface area contributed by atoms with Crippen molar-refractivity contribution in [3.05, 3.63) is 77.2 Å². The third kappa shape index (κ3) is 3.02. The van der Waals surface area contributed by atoms with Gasteiger partial charge in [0.25, 0.3) is 0 Å². The molecule has 4 heteroatoms. The lowest BCUT2D eigenvalue weighted by molar-refractivity contribution is 0.653. The highest BCUT2D eigenvalue weighted by Gasteiger charge is 2.23. The molecule has 3 aromatic heterocycles. The van der Waals surface area contributed by atoms with Crippen LogP contribution in [0.2, 0.25) is 0 Å². The zero-order valence-electron chi connectivity index (χ0n) is 20.4. The molecular formula is C31H27N3O. The first-order valence-corrected chi connectivity index (χ1v) is 12.6. The summed E-state index contributed by atoms with van der Waals surface area (Å²) in [6, 6.07) is 17.1. The Morgan fingerprint density at radius 2 is 1.69 bits per heavy atom. The molecule has 172 valence electrons. The van der Waals surface area contributed by atoms with Gasteiger partial charge in [-0.3, -0.25) is 0 Å². The number of hydrogen-bond acceptors (Lipinski definition) is 4. The average molecular weight is 458 g/mol. The number of fused-ring (bicyclic) bond motifs is 6. The average Bonchev–Trinajstić information content (AvgIpc) is 3.51. The van der Waals surface area contributed by atoms with E-state index in [0.717, 1.165) is 44.2 Å². The highest BCUT2D eigenvalue weighted by Crippen LogP contribution is 2.43. The predicted molar refractivity (Wildman–Crippen MR) is 143 cm³/mol. The quantitative estimate of drug-likeness (QED) is 0.245. The molecule has 0 aliphatic heterocycles. The van der Waals surface area contributed by atoms with Crippen LogP contribution in [-0.4, -0.2) is 15.0 Å². The molecule has 7 rings (SSSR count). The molecule has 0 spiro atoms. The number of para-hydroxylation sites is 1. The van der Waals surface area contributed by atoms with E-state index in [0.29, 0.717) is 11.6 Å². The van der Waals surface area contributed by atoms with Crippen LogP contribution in [-0.2, 0) is 0 Å². The van der Waals surface area contributed by atoms with Crippen molar-refractivity contribution in [1.29, 1.82) is 0 Å². The van der Waals surface area contributed by atoms with E-state index >= 15 is 0 Å². The minimum absolute atomic E-state index is 0.663. The molecule has 0 saturated heterocycles. The normalized spacial score (nSPS) is 14.7. The van der Waals surface area contributed by atoms with Crippen LogP contribution in [0, 0.1) is 20.8 Å². The molecule has 0 unspecified atom stereocenters. The fourth-order valence-electron chi connectivity index (χ4n) is 6.42. The third-order valence-corrected chi connectivity index (χ3v) is 7.94. The molecule has 1 fully saturated rings. The summed E-state index contributed by atoms with van der Waals surface area (Å²) >= 11 is 0. The maximum absolute atomic E-state index is 6.31. The molecule has 0 bridgehead atoms. The molecule has 4 nitrogen and oxygen atoms in total. The van der Waals surface area contributed by atoms with Gasteiger partial charge < -0.3 is 4.42 Å². The Morgan fingerprint density at radius 3 is 2.54 bits per heavy atom. The maximum atomic E-state index is 6.31. The summed E-state index contributed by atoms with van der Waals surface area (Å²) in [7, 11) is 0. The smallest absolute Gasteiger partial charge is 0.227 e. The second-order valence-electron chi connectivity index (χ2n) is 10.1. The molecule has 1 aliphatic carbocycles. The topological polar surface area (TPSA) is 51.8 Å². The molecule has 0 N–H and O–H groups in total. The van der Waals surface area contributed by atoms with Gasteiger partial charge in [0.2, 0.25) is 5.71 Å². The number of aromatic nitrogens is 3. The lowest BCUT2D eigenvalue weighted by Gasteiger charge is -2.20. The fourth-order valence-corrected chi connectivity index (χ4v) is 6.42. The Bertz CT molecular complexity index is 1790. The van der Waals surface area contributed by atoms with Crippen molar-refractivity contribution in [2.24, 2.45) is 0 Å². The van der Waals surface area contributed by atoms with Crippen molar-refractivity contribution in [3.63, 3.8) is 0 Å². The van der Waals surface area contributed by atoms with Crippen LogP contribution >= 0.6 is 0 Å². The summed E-state index contributed by atoms with van der Waals surface area (Å²) in [5.41, 5.74) is 9.66. The molecule has 1 aliphatic rings. The van der Waals surface area contributed by atoms with E-state index in [1.54, 1.807) is 6.33 Å². The summed E-state index contributed by atoms with van der Waals surface area (Å²) in [5, 5.41) is 5.66. The van der Waals surface area contributed by atoms with Gasteiger partial charge in [-0.2, -0.15) is 0 Å². The van der Waals surface area contributed by atoms with Crippen molar-refractivity contribution in [2.75, 3.05) is 0 Å². The molecule has 0 amide bonds. The lowest BCUT2D eigenvalue weighted by atomic mass is 9.85. The molecule has 6 aromatic rings. The Morgan fingerprint density at radius 1 is 0.857 bits per heavy atom. The molecule has 3 aromatic carbocycles. The molecule has 3 heterocycles. The number of benzene rings is 3. The SMILES string of the molecule is Cc1ccc2c(n1)oc1c(-c3ncnc4c3ccc3cc(C)c(C5CCCC5)c(C)c34)cccc12. The van der Waals surface area contributed by atoms with Gasteiger partial charge in [0.15, 0.2) is 0 Å². The summed E-state index contributed by atoms with van der Waals surface area (Å²) in [4.78, 5) is 14.2. The Hall–Kier alpha value is -3.79. The van der Waals surface area contributed by atoms with Crippen LogP contribution in [0.15, 0.2) is 59.3 Å². The molecule has 1 saturated carbocycles. The first-order chi connectivity index (χ1) is 17.1. The van der Waals surface area contributed by atoms with Gasteiger partial charge in [-0.25, -0.2) is 15.0 Å². The van der Waals surface area contributed by atoms with Crippen LogP contribution in [0.4, 0.5) is 0 Å². The molecule has 0 atom stereocenters. The third-order valence-electron chi connectivity index (χ3n) is 7.94. The van der Waals surface area contributed by atoms with Crippen molar-refractivity contribution in [2.45, 2.75) is 52.4 Å². The number of furan rings is 1. The van der Waals surface area contributed by atoms with Gasteiger partial charge in [-0.05, 0) is 85.9 Å². The van der Waals surface area contributed by atoms with Gasteiger partial charge in [0.05, 0.1) is 11.2 Å². The summed E-state index contributed by atoms with van der Waals surface area (Å²) in [6.45, 7) is 6.55. The summed E-state index contributed by atoms with van der Waals surface area (Å²) in [6.07, 6.45) is 6.95. The molecular weight excluding hydrogens is 430 g/mol. The highest BCUT2D eigenvalue weighted by atomic mass is 16.3. The second kappa shape index (κ2) is 7.61. The summed E-state index contributed by atoms with van der Waals surface area (Å²) < 4.78 is 6.31. The zero-order chi connectivity index (χ0) is 23.7. The zero-order valence-corrected chi connectivity index (χ0v) is 20.4. The molecule has 0 radical (unpaired) electrons. The van der Waals surface area contributed by atoms with E-state index in [9.17, 15) is 0 Å². The second-order valence-corrected chi connectivity index (χ2v) is 10.1. The lowest BCUT2D eigenvalue weighted by Crippen LogP contribution is -2.01. The van der Waals surface area contributed by atoms with Crippen molar-refractivity contribution < 1.29 is 4.42 Å². The number of rotatable bonds is 2. The van der Waals surface area contributed by atoms with Gasteiger partial charge >= 0.3 is 0 Å². The Kier molecular flexibility index (Phi) is 4.47. The number of aryl methyl sites for hydroxylation is 3. The minimum atomic E-state index is 0.663. The van der Waals surface area contributed by atoms with Gasteiger partial charge in [-0.1, -0.05) is 37.1 Å². The largest absolute Gasteiger partial charge is 0.437 e. The Balaban J connectivity index is 1.53. The first-order valence-electron chi connectivity index (χ1n) is 12.6. The van der Waals surface area contributed by atoms with Gasteiger partial charge in [-0.15, -0.1) is 0 Å². The van der Waals surface area contributed by atoms with Crippen LogP contribution < -0.4 is 0 Å². The minimum Gasteiger partial charge on any atom is -0.437 e. The highest BCUT2D eigenvalue weighted by molar-refractivity contribution is 6.14. The standard InChI is InChI=1S/C31H27N3O/c1-17-15-21-12-14-24-28(25-10-6-9-22-23-13-11-18(2)34-31(23)35-30(22)25)32-16-33-29(24)27(21)19(3)26(17)20-7-4-5-8-20/h6,9-16,20H,4-5,7-8H2,1-3H3. The number of pyridine rings is 1. The number of nitrogens with zero attached hydrogens (tertiary/aromatic N) is 3. The van der Waals surface area contributed by atoms with Crippen LogP contribution in [0.1, 0.15) is 54.0 Å². The van der Waals surface area contributed by atoms with Gasteiger partial charge in [0.1, 0.15) is 11.9 Å². The van der Waals surface area contributed by atoms with E-state index < -0.39 is 0 Å². The molecule has 35 heavy (non-hydrogen) atoms. The Labute approximate surface area is 204 Å².